The van der Waals surface area contributed by atoms with Gasteiger partial charge >= 0.3 is 5.97 Å². The summed E-state index contributed by atoms with van der Waals surface area (Å²) in [5, 5.41) is 10.3. The fourth-order valence-corrected chi connectivity index (χ4v) is 4.41. The molecule has 0 atom stereocenters. The molecular weight excluding hydrogens is 428 g/mol. The summed E-state index contributed by atoms with van der Waals surface area (Å²) in [7, 11) is 1.40. The van der Waals surface area contributed by atoms with Crippen molar-refractivity contribution in [1.82, 2.24) is 9.80 Å². The highest BCUT2D eigenvalue weighted by atomic mass is 35.5. The molecule has 0 saturated carbocycles. The summed E-state index contributed by atoms with van der Waals surface area (Å²) in [4.78, 5) is 16.7. The van der Waals surface area contributed by atoms with Gasteiger partial charge in [0, 0.05) is 36.1 Å². The predicted molar refractivity (Wildman–Crippen MR) is 124 cm³/mol. The topological polar surface area (TPSA) is 62.2 Å². The van der Waals surface area contributed by atoms with Crippen LogP contribution in [0.15, 0.2) is 61.1 Å². The Morgan fingerprint density at radius 3 is 2.75 bits per heavy atom. The van der Waals surface area contributed by atoms with Crippen LogP contribution in [0.3, 0.4) is 0 Å². The summed E-state index contributed by atoms with van der Waals surface area (Å²) >= 11 is 6.10. The normalized spacial score (nSPS) is 17.1. The average Bonchev–Trinajstić information content (AvgIpc) is 2.83. The van der Waals surface area contributed by atoms with Crippen molar-refractivity contribution in [2.24, 2.45) is 0 Å². The van der Waals surface area contributed by atoms with E-state index in [-0.39, 0.29) is 11.7 Å². The number of methoxy groups -OCH3 is 1. The van der Waals surface area contributed by atoms with Gasteiger partial charge < -0.3 is 24.4 Å². The van der Waals surface area contributed by atoms with Crippen molar-refractivity contribution >= 4 is 23.3 Å². The van der Waals surface area contributed by atoms with Gasteiger partial charge in [0.2, 0.25) is 0 Å². The van der Waals surface area contributed by atoms with E-state index in [2.05, 4.69) is 9.80 Å². The highest BCUT2D eigenvalue weighted by molar-refractivity contribution is 6.31. The molecule has 4 rings (SSSR count). The Bertz CT molecular complexity index is 1030. The number of hydrogen-bond acceptors (Lipinski definition) is 6. The summed E-state index contributed by atoms with van der Waals surface area (Å²) in [6, 6.07) is 12.5. The molecule has 0 aromatic heterocycles. The number of likely N-dealkylation sites (tertiary alicyclic amines) is 1. The fourth-order valence-electron chi connectivity index (χ4n) is 4.24. The number of piperidine rings is 1. The van der Waals surface area contributed by atoms with E-state index in [1.807, 2.05) is 30.6 Å². The fraction of sp³-hybridized carbons (Fsp3) is 0.320. The molecule has 7 heteroatoms. The maximum atomic E-state index is 12.2. The lowest BCUT2D eigenvalue weighted by Crippen LogP contribution is -2.37. The SMILES string of the molecule is COC(=O)c1cc(Cl)ccc1C1CCN(CCN2C=COC(c3cccc(O)c3)=C2)CC1. The monoisotopic (exact) mass is 454 g/mol. The molecule has 0 aliphatic carbocycles. The lowest BCUT2D eigenvalue weighted by molar-refractivity contribution is 0.0598. The van der Waals surface area contributed by atoms with E-state index in [4.69, 9.17) is 21.1 Å². The minimum atomic E-state index is -0.335. The molecule has 1 fully saturated rings. The summed E-state index contributed by atoms with van der Waals surface area (Å²) in [5.41, 5.74) is 2.43. The number of hydrogen-bond donors (Lipinski definition) is 1. The van der Waals surface area contributed by atoms with Crippen LogP contribution in [0.25, 0.3) is 5.76 Å². The standard InChI is InChI=1S/C25H27ClN2O4/c1-31-25(30)23-16-20(26)5-6-22(23)18-7-9-27(10-8-18)11-12-28-13-14-32-24(17-28)19-3-2-4-21(29)15-19/h2-6,13-18,29H,7-12H2,1H3. The van der Waals surface area contributed by atoms with Gasteiger partial charge in [0.1, 0.15) is 17.8 Å². The molecule has 0 radical (unpaired) electrons. The van der Waals surface area contributed by atoms with Gasteiger partial charge in [-0.15, -0.1) is 0 Å². The molecule has 0 spiro atoms. The lowest BCUT2D eigenvalue weighted by Gasteiger charge is -2.34. The number of aromatic hydroxyl groups is 1. The van der Waals surface area contributed by atoms with Gasteiger partial charge in [-0.3, -0.25) is 0 Å². The first-order valence-corrected chi connectivity index (χ1v) is 11.1. The summed E-state index contributed by atoms with van der Waals surface area (Å²) < 4.78 is 10.6. The van der Waals surface area contributed by atoms with Gasteiger partial charge in [-0.25, -0.2) is 4.79 Å². The molecular formula is C25H27ClN2O4. The largest absolute Gasteiger partial charge is 0.508 e. The van der Waals surface area contributed by atoms with Crippen LogP contribution in [0.1, 0.15) is 40.2 Å². The third kappa shape index (κ3) is 5.26. The second kappa shape index (κ2) is 10.1. The Morgan fingerprint density at radius 2 is 2.00 bits per heavy atom. The molecule has 1 N–H and O–H groups in total. The van der Waals surface area contributed by atoms with Crippen LogP contribution in [0.4, 0.5) is 0 Å². The number of carbonyl (C=O) groups excluding carboxylic acids is 1. The summed E-state index contributed by atoms with van der Waals surface area (Å²) in [5.74, 6) is 0.906. The molecule has 0 amide bonds. The van der Waals surface area contributed by atoms with Crippen LogP contribution >= 0.6 is 11.6 Å². The van der Waals surface area contributed by atoms with Crippen LogP contribution in [0.5, 0.6) is 5.75 Å². The summed E-state index contributed by atoms with van der Waals surface area (Å²) in [6.45, 7) is 3.68. The molecule has 0 bridgehead atoms. The van der Waals surface area contributed by atoms with Gasteiger partial charge in [0.25, 0.3) is 0 Å². The first-order chi connectivity index (χ1) is 15.5. The Labute approximate surface area is 193 Å². The number of ether oxygens (including phenoxy) is 2. The van der Waals surface area contributed by atoms with Gasteiger partial charge in [-0.05, 0) is 61.7 Å². The number of benzene rings is 2. The van der Waals surface area contributed by atoms with Crippen molar-refractivity contribution in [1.29, 1.82) is 0 Å². The number of nitrogens with zero attached hydrogens (tertiary/aromatic N) is 2. The number of rotatable bonds is 6. The van der Waals surface area contributed by atoms with Gasteiger partial charge in [0.05, 0.1) is 12.7 Å². The van der Waals surface area contributed by atoms with E-state index in [0.29, 0.717) is 22.3 Å². The first-order valence-electron chi connectivity index (χ1n) is 10.7. The zero-order valence-corrected chi connectivity index (χ0v) is 18.8. The Balaban J connectivity index is 1.33. The van der Waals surface area contributed by atoms with Crippen LogP contribution < -0.4 is 0 Å². The van der Waals surface area contributed by atoms with E-state index in [9.17, 15) is 9.90 Å². The van der Waals surface area contributed by atoms with Gasteiger partial charge in [-0.2, -0.15) is 0 Å². The molecule has 2 aliphatic heterocycles. The first kappa shape index (κ1) is 22.2. The van der Waals surface area contributed by atoms with Crippen molar-refractivity contribution in [3.05, 3.63) is 82.8 Å². The zero-order chi connectivity index (χ0) is 22.5. The van der Waals surface area contributed by atoms with E-state index in [0.717, 1.165) is 50.1 Å². The molecule has 168 valence electrons. The second-order valence-corrected chi connectivity index (χ2v) is 8.46. The Kier molecular flexibility index (Phi) is 7.02. The maximum absolute atomic E-state index is 12.2. The van der Waals surface area contributed by atoms with Crippen LogP contribution in [-0.4, -0.2) is 54.2 Å². The molecule has 0 unspecified atom stereocenters. The smallest absolute Gasteiger partial charge is 0.338 e. The van der Waals surface area contributed by atoms with Crippen LogP contribution in [0.2, 0.25) is 5.02 Å². The van der Waals surface area contributed by atoms with E-state index >= 15 is 0 Å². The van der Waals surface area contributed by atoms with Crippen molar-refractivity contribution in [2.75, 3.05) is 33.3 Å². The number of halogens is 1. The molecule has 6 nitrogen and oxygen atoms in total. The zero-order valence-electron chi connectivity index (χ0n) is 18.0. The van der Waals surface area contributed by atoms with Gasteiger partial charge in [-0.1, -0.05) is 29.8 Å². The number of phenolic OH excluding ortho intramolecular Hbond substituents is 1. The minimum absolute atomic E-state index is 0.215. The molecule has 2 aromatic rings. The van der Waals surface area contributed by atoms with Gasteiger partial charge in [0.15, 0.2) is 0 Å². The molecule has 2 heterocycles. The van der Waals surface area contributed by atoms with Crippen molar-refractivity contribution in [2.45, 2.75) is 18.8 Å². The number of phenols is 1. The van der Waals surface area contributed by atoms with E-state index in [1.54, 1.807) is 30.5 Å². The molecule has 2 aromatic carbocycles. The third-order valence-corrected chi connectivity index (χ3v) is 6.22. The minimum Gasteiger partial charge on any atom is -0.508 e. The number of esters is 1. The Hall–Kier alpha value is -2.96. The summed E-state index contributed by atoms with van der Waals surface area (Å²) in [6.07, 6.45) is 7.50. The average molecular weight is 455 g/mol. The molecule has 2 aliphatic rings. The highest BCUT2D eigenvalue weighted by Crippen LogP contribution is 2.32. The third-order valence-electron chi connectivity index (χ3n) is 5.98. The van der Waals surface area contributed by atoms with E-state index < -0.39 is 0 Å². The molecule has 1 saturated heterocycles. The van der Waals surface area contributed by atoms with Crippen LogP contribution in [0, 0.1) is 0 Å². The van der Waals surface area contributed by atoms with Crippen molar-refractivity contribution in [3.63, 3.8) is 0 Å². The van der Waals surface area contributed by atoms with Crippen molar-refractivity contribution in [3.8, 4) is 5.75 Å². The maximum Gasteiger partial charge on any atom is 0.338 e. The lowest BCUT2D eigenvalue weighted by atomic mass is 9.86. The second-order valence-electron chi connectivity index (χ2n) is 8.02. The molecule has 32 heavy (non-hydrogen) atoms. The predicted octanol–water partition coefficient (Wildman–Crippen LogP) is 4.81. The van der Waals surface area contributed by atoms with Crippen LogP contribution in [-0.2, 0) is 9.47 Å². The Morgan fingerprint density at radius 1 is 1.19 bits per heavy atom. The number of carbonyl (C=O) groups is 1. The highest BCUT2D eigenvalue weighted by Gasteiger charge is 2.25. The van der Waals surface area contributed by atoms with E-state index in [1.165, 1.54) is 7.11 Å². The quantitative estimate of drug-likeness (QED) is 0.632. The van der Waals surface area contributed by atoms with Crippen molar-refractivity contribution < 1.29 is 19.4 Å².